The van der Waals surface area contributed by atoms with E-state index >= 15 is 0 Å². The third-order valence-corrected chi connectivity index (χ3v) is 5.85. The number of sulfonamides is 1. The molecule has 30 heavy (non-hydrogen) atoms. The molecule has 0 saturated heterocycles. The summed E-state index contributed by atoms with van der Waals surface area (Å²) in [4.78, 5) is 12.6. The number of hydrogen-bond donors (Lipinski definition) is 3. The summed E-state index contributed by atoms with van der Waals surface area (Å²) in [6, 6.07) is 20.7. The lowest BCUT2D eigenvalue weighted by atomic mass is 10.1. The molecular formula is C23H23N3O3S. The smallest absolute Gasteiger partial charge is 0.255 e. The molecule has 0 unspecified atom stereocenters. The summed E-state index contributed by atoms with van der Waals surface area (Å²) in [5.41, 5.74) is 9.24. The van der Waals surface area contributed by atoms with Gasteiger partial charge in [-0.25, -0.2) is 13.1 Å². The Morgan fingerprint density at radius 2 is 1.63 bits per heavy atom. The number of anilines is 2. The molecule has 0 saturated carbocycles. The number of carbonyl (C=O) groups excluding carboxylic acids is 1. The molecule has 0 aliphatic rings. The maximum atomic E-state index is 12.3. The van der Waals surface area contributed by atoms with Crippen LogP contribution in [0, 0.1) is 6.92 Å². The van der Waals surface area contributed by atoms with Crippen molar-refractivity contribution in [1.82, 2.24) is 4.72 Å². The van der Waals surface area contributed by atoms with Crippen LogP contribution in [0.1, 0.15) is 21.5 Å². The van der Waals surface area contributed by atoms with Gasteiger partial charge in [-0.15, -0.1) is 0 Å². The maximum Gasteiger partial charge on any atom is 0.255 e. The number of para-hydroxylation sites is 2. The van der Waals surface area contributed by atoms with Gasteiger partial charge in [0.25, 0.3) is 5.91 Å². The van der Waals surface area contributed by atoms with E-state index in [4.69, 9.17) is 5.73 Å². The summed E-state index contributed by atoms with van der Waals surface area (Å²) < 4.78 is 27.0. The average Bonchev–Trinajstić information content (AvgIpc) is 2.73. The highest BCUT2D eigenvalue weighted by Crippen LogP contribution is 2.18. The molecule has 6 nitrogen and oxygen atoms in total. The van der Waals surface area contributed by atoms with E-state index in [2.05, 4.69) is 10.0 Å². The highest BCUT2D eigenvalue weighted by atomic mass is 32.2. The first-order chi connectivity index (χ1) is 14.3. The van der Waals surface area contributed by atoms with Crippen LogP contribution in [0.3, 0.4) is 0 Å². The molecule has 3 aromatic rings. The first-order valence-corrected chi connectivity index (χ1v) is 10.8. The Kier molecular flexibility index (Phi) is 6.66. The minimum absolute atomic E-state index is 0.158. The highest BCUT2D eigenvalue weighted by molar-refractivity contribution is 7.89. The SMILES string of the molecule is Cc1ccc(S(=O)(=O)NC/C=C/c2ccc(C(=O)Nc3ccccc3N)cc2)cc1. The van der Waals surface area contributed by atoms with Crippen molar-refractivity contribution in [2.45, 2.75) is 11.8 Å². The third kappa shape index (κ3) is 5.56. The number of hydrogen-bond acceptors (Lipinski definition) is 4. The molecular weight excluding hydrogens is 398 g/mol. The molecule has 4 N–H and O–H groups in total. The highest BCUT2D eigenvalue weighted by Gasteiger charge is 2.11. The summed E-state index contributed by atoms with van der Waals surface area (Å²) >= 11 is 0. The van der Waals surface area contributed by atoms with Crippen molar-refractivity contribution < 1.29 is 13.2 Å². The zero-order chi connectivity index (χ0) is 21.6. The molecule has 154 valence electrons. The second kappa shape index (κ2) is 9.39. The molecule has 3 rings (SSSR count). The van der Waals surface area contributed by atoms with Crippen LogP contribution in [0.15, 0.2) is 83.8 Å². The van der Waals surface area contributed by atoms with E-state index in [1.165, 1.54) is 0 Å². The zero-order valence-corrected chi connectivity index (χ0v) is 17.3. The van der Waals surface area contributed by atoms with Gasteiger partial charge in [-0.3, -0.25) is 4.79 Å². The molecule has 0 fully saturated rings. The van der Waals surface area contributed by atoms with E-state index in [0.717, 1.165) is 11.1 Å². The van der Waals surface area contributed by atoms with E-state index in [0.29, 0.717) is 16.9 Å². The average molecular weight is 422 g/mol. The van der Waals surface area contributed by atoms with Gasteiger partial charge in [0, 0.05) is 12.1 Å². The van der Waals surface area contributed by atoms with Crippen LogP contribution in [0.5, 0.6) is 0 Å². The van der Waals surface area contributed by atoms with Crippen molar-refractivity contribution in [2.75, 3.05) is 17.6 Å². The van der Waals surface area contributed by atoms with Crippen molar-refractivity contribution in [1.29, 1.82) is 0 Å². The van der Waals surface area contributed by atoms with Crippen LogP contribution in [0.4, 0.5) is 11.4 Å². The fourth-order valence-corrected chi connectivity index (χ4v) is 3.68. The fourth-order valence-electron chi connectivity index (χ4n) is 2.70. The van der Waals surface area contributed by atoms with E-state index in [1.54, 1.807) is 84.9 Å². The molecule has 0 bridgehead atoms. The van der Waals surface area contributed by atoms with Gasteiger partial charge in [0.05, 0.1) is 16.3 Å². The number of nitrogens with two attached hydrogens (primary N) is 1. The lowest BCUT2D eigenvalue weighted by molar-refractivity contribution is 0.102. The molecule has 0 aromatic heterocycles. The molecule has 1 amide bonds. The predicted octanol–water partition coefficient (Wildman–Crippen LogP) is 3.82. The number of benzene rings is 3. The van der Waals surface area contributed by atoms with Crippen LogP contribution < -0.4 is 15.8 Å². The number of rotatable bonds is 7. The van der Waals surface area contributed by atoms with Crippen molar-refractivity contribution in [3.05, 3.63) is 95.6 Å². The summed E-state index contributed by atoms with van der Waals surface area (Å²) in [5, 5.41) is 2.78. The van der Waals surface area contributed by atoms with Gasteiger partial charge in [0.1, 0.15) is 0 Å². The Hall–Kier alpha value is -3.42. The van der Waals surface area contributed by atoms with Crippen LogP contribution in [-0.2, 0) is 10.0 Å². The first kappa shape index (κ1) is 21.3. The number of nitrogen functional groups attached to an aromatic ring is 1. The van der Waals surface area contributed by atoms with Gasteiger partial charge in [-0.05, 0) is 48.9 Å². The van der Waals surface area contributed by atoms with Gasteiger partial charge in [0.15, 0.2) is 0 Å². The van der Waals surface area contributed by atoms with Crippen LogP contribution in [0.25, 0.3) is 6.08 Å². The van der Waals surface area contributed by atoms with Gasteiger partial charge in [-0.1, -0.05) is 54.1 Å². The summed E-state index contributed by atoms with van der Waals surface area (Å²) in [6.45, 7) is 2.06. The first-order valence-electron chi connectivity index (χ1n) is 9.34. The molecule has 0 radical (unpaired) electrons. The number of carbonyl (C=O) groups is 1. The fraction of sp³-hybridized carbons (Fsp3) is 0.0870. The topological polar surface area (TPSA) is 101 Å². The van der Waals surface area contributed by atoms with Gasteiger partial charge < -0.3 is 11.1 Å². The number of amides is 1. The Bertz CT molecular complexity index is 1150. The van der Waals surface area contributed by atoms with E-state index in [1.807, 2.05) is 6.92 Å². The third-order valence-electron chi connectivity index (χ3n) is 4.41. The molecule has 0 spiro atoms. The number of nitrogens with one attached hydrogen (secondary N) is 2. The van der Waals surface area contributed by atoms with E-state index in [9.17, 15) is 13.2 Å². The zero-order valence-electron chi connectivity index (χ0n) is 16.5. The standard InChI is InChI=1S/C23H23N3O3S/c1-17-8-14-20(15-9-17)30(28,29)25-16-4-5-18-10-12-19(13-11-18)23(27)26-22-7-3-2-6-21(22)24/h2-15,25H,16,24H2,1H3,(H,26,27)/b5-4+. The summed E-state index contributed by atoms with van der Waals surface area (Å²) in [5.74, 6) is -0.255. The van der Waals surface area contributed by atoms with Crippen molar-refractivity contribution in [2.24, 2.45) is 0 Å². The lowest BCUT2D eigenvalue weighted by Crippen LogP contribution is -2.23. The Labute approximate surface area is 176 Å². The molecule has 0 aliphatic carbocycles. The van der Waals surface area contributed by atoms with Crippen LogP contribution >= 0.6 is 0 Å². The van der Waals surface area contributed by atoms with Gasteiger partial charge >= 0.3 is 0 Å². The van der Waals surface area contributed by atoms with Crippen LogP contribution in [0.2, 0.25) is 0 Å². The summed E-state index contributed by atoms with van der Waals surface area (Å²) in [7, 11) is -3.55. The monoisotopic (exact) mass is 421 g/mol. The predicted molar refractivity (Wildman–Crippen MR) is 121 cm³/mol. The van der Waals surface area contributed by atoms with Crippen molar-refractivity contribution in [3.8, 4) is 0 Å². The van der Waals surface area contributed by atoms with Crippen molar-refractivity contribution in [3.63, 3.8) is 0 Å². The van der Waals surface area contributed by atoms with Gasteiger partial charge in [-0.2, -0.15) is 0 Å². The molecule has 0 atom stereocenters. The van der Waals surface area contributed by atoms with E-state index in [-0.39, 0.29) is 17.3 Å². The maximum absolute atomic E-state index is 12.3. The lowest BCUT2D eigenvalue weighted by Gasteiger charge is -2.08. The minimum Gasteiger partial charge on any atom is -0.397 e. The largest absolute Gasteiger partial charge is 0.397 e. The Morgan fingerprint density at radius 1 is 0.967 bits per heavy atom. The Morgan fingerprint density at radius 3 is 2.30 bits per heavy atom. The molecule has 0 aliphatic heterocycles. The quantitative estimate of drug-likeness (QED) is 0.505. The van der Waals surface area contributed by atoms with Gasteiger partial charge in [0.2, 0.25) is 10.0 Å². The second-order valence-electron chi connectivity index (χ2n) is 6.73. The molecule has 0 heterocycles. The molecule has 3 aromatic carbocycles. The molecule has 7 heteroatoms. The normalized spacial score (nSPS) is 11.5. The second-order valence-corrected chi connectivity index (χ2v) is 8.50. The minimum atomic E-state index is -3.55. The Balaban J connectivity index is 1.56. The van der Waals surface area contributed by atoms with E-state index < -0.39 is 10.0 Å². The summed E-state index contributed by atoms with van der Waals surface area (Å²) in [6.07, 6.45) is 3.50. The number of aryl methyl sites for hydroxylation is 1. The van der Waals surface area contributed by atoms with Crippen molar-refractivity contribution >= 4 is 33.4 Å². The van der Waals surface area contributed by atoms with Crippen LogP contribution in [-0.4, -0.2) is 20.9 Å².